The highest BCUT2D eigenvalue weighted by atomic mass is 16.2. The van der Waals surface area contributed by atoms with Gasteiger partial charge in [-0.05, 0) is 46.6 Å². The highest BCUT2D eigenvalue weighted by Gasteiger charge is 2.39. The lowest BCUT2D eigenvalue weighted by Crippen LogP contribution is -2.57. The first-order valence-corrected chi connectivity index (χ1v) is 9.02. The second-order valence-corrected chi connectivity index (χ2v) is 7.10. The van der Waals surface area contributed by atoms with E-state index in [1.807, 2.05) is 14.0 Å². The maximum atomic E-state index is 12.3. The van der Waals surface area contributed by atoms with Crippen LogP contribution >= 0.6 is 0 Å². The number of piperidine rings is 2. The third-order valence-electron chi connectivity index (χ3n) is 5.52. The van der Waals surface area contributed by atoms with Crippen molar-refractivity contribution in [3.05, 3.63) is 17.1 Å². The topological polar surface area (TPSA) is 61.4 Å². The predicted molar refractivity (Wildman–Crippen MR) is 95.2 cm³/mol. The van der Waals surface area contributed by atoms with Crippen molar-refractivity contribution in [1.29, 1.82) is 0 Å². The molecule has 1 aromatic heterocycles. The van der Waals surface area contributed by atoms with Crippen molar-refractivity contribution >= 4 is 11.7 Å². The molecule has 6 heteroatoms. The van der Waals surface area contributed by atoms with Crippen LogP contribution in [0.3, 0.4) is 0 Å². The minimum Gasteiger partial charge on any atom is -0.356 e. The van der Waals surface area contributed by atoms with E-state index in [4.69, 9.17) is 4.98 Å². The molecule has 1 N–H and O–H groups in total. The molecule has 1 aromatic rings. The van der Waals surface area contributed by atoms with E-state index in [9.17, 15) is 4.79 Å². The first kappa shape index (κ1) is 17.1. The largest absolute Gasteiger partial charge is 0.356 e. The molecule has 0 aromatic carbocycles. The molecule has 0 saturated carbocycles. The summed E-state index contributed by atoms with van der Waals surface area (Å²) < 4.78 is 0. The highest BCUT2D eigenvalue weighted by molar-refractivity contribution is 5.77. The third kappa shape index (κ3) is 3.24. The second kappa shape index (κ2) is 7.05. The van der Waals surface area contributed by atoms with E-state index in [-0.39, 0.29) is 0 Å². The quantitative estimate of drug-likeness (QED) is 0.904. The standard InChI is InChI=1S/C18H29N5O/c1-12-13(2)20-14(3)21-18(12)22-9-7-16-15(11-22)5-6-17(24)23(16)10-8-19-4/h15-16,19H,5-11H2,1-4H3/t15-,16+/m0/s1. The number of anilines is 1. The van der Waals surface area contributed by atoms with Gasteiger partial charge in [-0.25, -0.2) is 9.97 Å². The summed E-state index contributed by atoms with van der Waals surface area (Å²) in [4.78, 5) is 26.0. The van der Waals surface area contributed by atoms with E-state index < -0.39 is 0 Å². The number of carbonyl (C=O) groups is 1. The molecule has 2 fully saturated rings. The molecule has 132 valence electrons. The minimum atomic E-state index is 0.324. The Morgan fingerprint density at radius 1 is 1.21 bits per heavy atom. The average molecular weight is 331 g/mol. The van der Waals surface area contributed by atoms with E-state index >= 15 is 0 Å². The third-order valence-corrected chi connectivity index (χ3v) is 5.52. The summed E-state index contributed by atoms with van der Waals surface area (Å²) in [5, 5.41) is 3.16. The molecule has 1 amide bonds. The fraction of sp³-hybridized carbons (Fsp3) is 0.722. The molecule has 3 heterocycles. The SMILES string of the molecule is CNCCN1C(=O)CC[C@H]2CN(c3nc(C)nc(C)c3C)CC[C@H]21. The highest BCUT2D eigenvalue weighted by Crippen LogP contribution is 2.33. The predicted octanol–water partition coefficient (Wildman–Crippen LogP) is 1.44. The lowest BCUT2D eigenvalue weighted by Gasteiger charge is -2.47. The van der Waals surface area contributed by atoms with Gasteiger partial charge in [0.05, 0.1) is 0 Å². The van der Waals surface area contributed by atoms with Gasteiger partial charge in [0.15, 0.2) is 0 Å². The van der Waals surface area contributed by atoms with Crippen LogP contribution in [0.25, 0.3) is 0 Å². The first-order chi connectivity index (χ1) is 11.5. The van der Waals surface area contributed by atoms with E-state index in [2.05, 4.69) is 33.9 Å². The van der Waals surface area contributed by atoms with E-state index in [0.717, 1.165) is 56.4 Å². The monoisotopic (exact) mass is 331 g/mol. The maximum absolute atomic E-state index is 12.3. The number of fused-ring (bicyclic) bond motifs is 1. The molecule has 2 aliphatic rings. The first-order valence-electron chi connectivity index (χ1n) is 9.02. The van der Waals surface area contributed by atoms with Gasteiger partial charge in [-0.2, -0.15) is 0 Å². The summed E-state index contributed by atoms with van der Waals surface area (Å²) in [6, 6.07) is 0.389. The Labute approximate surface area is 144 Å². The number of nitrogens with one attached hydrogen (secondary N) is 1. The lowest BCUT2D eigenvalue weighted by atomic mass is 9.83. The number of aromatic nitrogens is 2. The summed E-state index contributed by atoms with van der Waals surface area (Å²) in [7, 11) is 1.94. The lowest BCUT2D eigenvalue weighted by molar-refractivity contribution is -0.139. The summed E-state index contributed by atoms with van der Waals surface area (Å²) >= 11 is 0. The molecular weight excluding hydrogens is 302 g/mol. The van der Waals surface area contributed by atoms with Crippen molar-refractivity contribution in [3.63, 3.8) is 0 Å². The summed E-state index contributed by atoms with van der Waals surface area (Å²) in [5.41, 5.74) is 2.24. The number of rotatable bonds is 4. The number of carbonyl (C=O) groups excluding carboxylic acids is 1. The van der Waals surface area contributed by atoms with Crippen LogP contribution in [0.2, 0.25) is 0 Å². The van der Waals surface area contributed by atoms with Crippen LogP contribution in [0, 0.1) is 26.7 Å². The van der Waals surface area contributed by atoms with Crippen molar-refractivity contribution in [2.24, 2.45) is 5.92 Å². The Balaban J connectivity index is 1.77. The van der Waals surface area contributed by atoms with Crippen molar-refractivity contribution in [1.82, 2.24) is 20.2 Å². The minimum absolute atomic E-state index is 0.324. The molecule has 24 heavy (non-hydrogen) atoms. The van der Waals surface area contributed by atoms with Crippen molar-refractivity contribution < 1.29 is 4.79 Å². The molecule has 0 spiro atoms. The van der Waals surface area contributed by atoms with E-state index in [1.165, 1.54) is 5.56 Å². The zero-order valence-electron chi connectivity index (χ0n) is 15.3. The van der Waals surface area contributed by atoms with Gasteiger partial charge in [0.25, 0.3) is 0 Å². The normalized spacial score (nSPS) is 24.2. The number of amides is 1. The van der Waals surface area contributed by atoms with Crippen LogP contribution < -0.4 is 10.2 Å². The summed E-state index contributed by atoms with van der Waals surface area (Å²) in [5.74, 6) is 2.79. The number of nitrogens with zero attached hydrogens (tertiary/aromatic N) is 4. The zero-order valence-corrected chi connectivity index (χ0v) is 15.3. The van der Waals surface area contributed by atoms with Gasteiger partial charge in [0.2, 0.25) is 5.91 Å². The van der Waals surface area contributed by atoms with Crippen LogP contribution in [0.1, 0.15) is 36.3 Å². The van der Waals surface area contributed by atoms with Gasteiger partial charge in [0, 0.05) is 49.9 Å². The molecule has 0 aliphatic carbocycles. The molecule has 3 rings (SSSR count). The molecule has 2 saturated heterocycles. The van der Waals surface area contributed by atoms with Crippen LogP contribution in [0.15, 0.2) is 0 Å². The second-order valence-electron chi connectivity index (χ2n) is 7.10. The van der Waals surface area contributed by atoms with Crippen molar-refractivity contribution in [2.45, 2.75) is 46.1 Å². The Bertz CT molecular complexity index is 618. The summed E-state index contributed by atoms with van der Waals surface area (Å²) in [6.45, 7) is 9.76. The van der Waals surface area contributed by atoms with Gasteiger partial charge < -0.3 is 15.1 Å². The van der Waals surface area contributed by atoms with E-state index in [1.54, 1.807) is 0 Å². The number of likely N-dealkylation sites (N-methyl/N-ethyl adjacent to an activating group) is 1. The molecule has 0 radical (unpaired) electrons. The molecular formula is C18H29N5O. The van der Waals surface area contributed by atoms with Gasteiger partial charge >= 0.3 is 0 Å². The Morgan fingerprint density at radius 3 is 2.75 bits per heavy atom. The van der Waals surface area contributed by atoms with E-state index in [0.29, 0.717) is 24.3 Å². The molecule has 0 unspecified atom stereocenters. The fourth-order valence-corrected chi connectivity index (χ4v) is 4.12. The molecule has 6 nitrogen and oxygen atoms in total. The Hall–Kier alpha value is -1.69. The zero-order chi connectivity index (χ0) is 17.3. The smallest absolute Gasteiger partial charge is 0.222 e. The maximum Gasteiger partial charge on any atom is 0.222 e. The number of hydrogen-bond acceptors (Lipinski definition) is 5. The number of likely N-dealkylation sites (tertiary alicyclic amines) is 1. The molecule has 0 bridgehead atoms. The Morgan fingerprint density at radius 2 is 2.00 bits per heavy atom. The van der Waals surface area contributed by atoms with Crippen LogP contribution in [0.4, 0.5) is 5.82 Å². The van der Waals surface area contributed by atoms with Crippen molar-refractivity contribution in [2.75, 3.05) is 38.1 Å². The molecule has 2 aliphatic heterocycles. The Kier molecular flexibility index (Phi) is 5.04. The van der Waals surface area contributed by atoms with Crippen molar-refractivity contribution in [3.8, 4) is 0 Å². The number of aryl methyl sites for hydroxylation is 2. The van der Waals surface area contributed by atoms with Gasteiger partial charge in [-0.3, -0.25) is 4.79 Å². The van der Waals surface area contributed by atoms with Gasteiger partial charge in [-0.1, -0.05) is 0 Å². The van der Waals surface area contributed by atoms with Crippen LogP contribution in [-0.4, -0.2) is 60.0 Å². The fourth-order valence-electron chi connectivity index (χ4n) is 4.12. The molecule has 2 atom stereocenters. The average Bonchev–Trinajstić information content (AvgIpc) is 2.57. The van der Waals surface area contributed by atoms with Crippen LogP contribution in [-0.2, 0) is 4.79 Å². The van der Waals surface area contributed by atoms with Crippen LogP contribution in [0.5, 0.6) is 0 Å². The summed E-state index contributed by atoms with van der Waals surface area (Å²) in [6.07, 6.45) is 2.71. The number of hydrogen-bond donors (Lipinski definition) is 1. The van der Waals surface area contributed by atoms with Gasteiger partial charge in [-0.15, -0.1) is 0 Å². The van der Waals surface area contributed by atoms with Gasteiger partial charge in [0.1, 0.15) is 11.6 Å².